The molecular formula is C16H22O4. The number of hydrogen-bond donors (Lipinski definition) is 0. The summed E-state index contributed by atoms with van der Waals surface area (Å²) in [4.78, 5) is 11.4. The first kappa shape index (κ1) is 16.1. The van der Waals surface area contributed by atoms with Crippen LogP contribution in [0.2, 0.25) is 0 Å². The molecule has 4 heteroatoms. The maximum Gasteiger partial charge on any atom is 0.335 e. The van der Waals surface area contributed by atoms with Gasteiger partial charge >= 0.3 is 5.97 Å². The topological polar surface area (TPSA) is 44.8 Å². The Morgan fingerprint density at radius 3 is 2.35 bits per heavy atom. The summed E-state index contributed by atoms with van der Waals surface area (Å²) in [6.07, 6.45) is 3.00. The minimum absolute atomic E-state index is 0.361. The summed E-state index contributed by atoms with van der Waals surface area (Å²) in [5, 5.41) is 0. The molecule has 4 nitrogen and oxygen atoms in total. The Labute approximate surface area is 120 Å². The highest BCUT2D eigenvalue weighted by molar-refractivity contribution is 5.84. The Kier molecular flexibility index (Phi) is 6.64. The van der Waals surface area contributed by atoms with Crippen LogP contribution in [0.3, 0.4) is 0 Å². The van der Waals surface area contributed by atoms with Crippen LogP contribution in [0, 0.1) is 0 Å². The van der Waals surface area contributed by atoms with Gasteiger partial charge < -0.3 is 14.2 Å². The summed E-state index contributed by atoms with van der Waals surface area (Å²) < 4.78 is 16.5. The highest BCUT2D eigenvalue weighted by Crippen LogP contribution is 2.41. The zero-order valence-electron chi connectivity index (χ0n) is 12.4. The van der Waals surface area contributed by atoms with Crippen LogP contribution in [-0.4, -0.2) is 19.2 Å². The van der Waals surface area contributed by atoms with E-state index in [0.29, 0.717) is 30.5 Å². The molecule has 0 radical (unpaired) electrons. The van der Waals surface area contributed by atoms with Crippen LogP contribution in [-0.2, 0) is 11.2 Å². The molecule has 0 saturated carbocycles. The van der Waals surface area contributed by atoms with Crippen molar-refractivity contribution in [1.29, 1.82) is 0 Å². The standard InChI is InChI=1S/C16H22O4/c1-5-9-12-10-11-13(20-14(17)6-2)16(19-8-4)15(12)18-7-3/h6,10-11H,2,5,7-9H2,1,3-4H3. The third-order valence-electron chi connectivity index (χ3n) is 2.63. The Morgan fingerprint density at radius 2 is 1.80 bits per heavy atom. The molecule has 20 heavy (non-hydrogen) atoms. The van der Waals surface area contributed by atoms with Gasteiger partial charge in [-0.3, -0.25) is 0 Å². The van der Waals surface area contributed by atoms with E-state index < -0.39 is 5.97 Å². The van der Waals surface area contributed by atoms with Gasteiger partial charge in [0, 0.05) is 6.08 Å². The molecule has 0 unspecified atom stereocenters. The van der Waals surface area contributed by atoms with E-state index in [1.54, 1.807) is 6.07 Å². The van der Waals surface area contributed by atoms with Crippen LogP contribution in [0.15, 0.2) is 24.8 Å². The van der Waals surface area contributed by atoms with Crippen molar-refractivity contribution in [2.24, 2.45) is 0 Å². The molecule has 0 bridgehead atoms. The van der Waals surface area contributed by atoms with Gasteiger partial charge in [-0.1, -0.05) is 26.0 Å². The molecule has 0 amide bonds. The second-order valence-electron chi connectivity index (χ2n) is 4.12. The van der Waals surface area contributed by atoms with Gasteiger partial charge in [-0.05, 0) is 31.9 Å². The van der Waals surface area contributed by atoms with Crippen LogP contribution >= 0.6 is 0 Å². The molecular weight excluding hydrogens is 256 g/mol. The van der Waals surface area contributed by atoms with Crippen molar-refractivity contribution >= 4 is 5.97 Å². The Hall–Kier alpha value is -1.97. The van der Waals surface area contributed by atoms with Gasteiger partial charge in [0.1, 0.15) is 0 Å². The average Bonchev–Trinajstić information content (AvgIpc) is 2.45. The van der Waals surface area contributed by atoms with Gasteiger partial charge in [-0.2, -0.15) is 0 Å². The number of carbonyl (C=O) groups is 1. The quantitative estimate of drug-likeness (QED) is 0.414. The normalized spacial score (nSPS) is 9.95. The molecule has 0 aliphatic heterocycles. The lowest BCUT2D eigenvalue weighted by molar-refractivity contribution is -0.129. The van der Waals surface area contributed by atoms with E-state index in [1.165, 1.54) is 0 Å². The molecule has 0 aliphatic carbocycles. The molecule has 110 valence electrons. The van der Waals surface area contributed by atoms with Gasteiger partial charge in [0.05, 0.1) is 13.2 Å². The fourth-order valence-corrected chi connectivity index (χ4v) is 1.87. The molecule has 0 saturated heterocycles. The number of hydrogen-bond acceptors (Lipinski definition) is 4. The molecule has 1 aromatic rings. The number of benzene rings is 1. The van der Waals surface area contributed by atoms with Crippen molar-refractivity contribution in [3.05, 3.63) is 30.4 Å². The molecule has 1 aromatic carbocycles. The molecule has 0 atom stereocenters. The predicted molar refractivity (Wildman–Crippen MR) is 78.6 cm³/mol. The summed E-state index contributed by atoms with van der Waals surface area (Å²) in [6.45, 7) is 10.3. The van der Waals surface area contributed by atoms with E-state index in [1.807, 2.05) is 19.9 Å². The predicted octanol–water partition coefficient (Wildman–Crippen LogP) is 3.53. The fourth-order valence-electron chi connectivity index (χ4n) is 1.87. The summed E-state index contributed by atoms with van der Waals surface area (Å²) >= 11 is 0. The highest BCUT2D eigenvalue weighted by atomic mass is 16.6. The number of rotatable bonds is 8. The van der Waals surface area contributed by atoms with E-state index in [0.717, 1.165) is 24.5 Å². The van der Waals surface area contributed by atoms with Crippen molar-refractivity contribution in [3.63, 3.8) is 0 Å². The number of carbonyl (C=O) groups excluding carboxylic acids is 1. The van der Waals surface area contributed by atoms with Gasteiger partial charge in [-0.25, -0.2) is 4.79 Å². The summed E-state index contributed by atoms with van der Waals surface area (Å²) in [6, 6.07) is 3.64. The Morgan fingerprint density at radius 1 is 1.15 bits per heavy atom. The molecule has 0 heterocycles. The largest absolute Gasteiger partial charge is 0.490 e. The van der Waals surface area contributed by atoms with Crippen molar-refractivity contribution in [2.75, 3.05) is 13.2 Å². The van der Waals surface area contributed by atoms with E-state index in [4.69, 9.17) is 14.2 Å². The second kappa shape index (κ2) is 8.25. The molecule has 0 fully saturated rings. The maximum absolute atomic E-state index is 11.4. The third-order valence-corrected chi connectivity index (χ3v) is 2.63. The first-order chi connectivity index (χ1) is 9.67. The van der Waals surface area contributed by atoms with Crippen LogP contribution in [0.25, 0.3) is 0 Å². The van der Waals surface area contributed by atoms with Crippen molar-refractivity contribution in [3.8, 4) is 17.2 Å². The lowest BCUT2D eigenvalue weighted by atomic mass is 10.1. The van der Waals surface area contributed by atoms with Gasteiger partial charge in [0.2, 0.25) is 5.75 Å². The zero-order valence-corrected chi connectivity index (χ0v) is 12.4. The van der Waals surface area contributed by atoms with Gasteiger partial charge in [-0.15, -0.1) is 0 Å². The third kappa shape index (κ3) is 4.02. The minimum atomic E-state index is -0.517. The smallest absolute Gasteiger partial charge is 0.335 e. The number of ether oxygens (including phenoxy) is 3. The van der Waals surface area contributed by atoms with Crippen molar-refractivity contribution in [1.82, 2.24) is 0 Å². The lowest BCUT2D eigenvalue weighted by Gasteiger charge is -2.17. The van der Waals surface area contributed by atoms with Crippen molar-refractivity contribution in [2.45, 2.75) is 33.6 Å². The first-order valence-electron chi connectivity index (χ1n) is 6.93. The molecule has 1 rings (SSSR count). The minimum Gasteiger partial charge on any atom is -0.490 e. The van der Waals surface area contributed by atoms with E-state index in [-0.39, 0.29) is 0 Å². The SMILES string of the molecule is C=CC(=O)Oc1ccc(CCC)c(OCC)c1OCC. The summed E-state index contributed by atoms with van der Waals surface area (Å²) in [7, 11) is 0. The average molecular weight is 278 g/mol. The Balaban J connectivity index is 3.26. The fraction of sp³-hybridized carbons (Fsp3) is 0.438. The van der Waals surface area contributed by atoms with Crippen LogP contribution in [0.5, 0.6) is 17.2 Å². The van der Waals surface area contributed by atoms with E-state index in [9.17, 15) is 4.79 Å². The first-order valence-corrected chi connectivity index (χ1v) is 6.93. The monoisotopic (exact) mass is 278 g/mol. The van der Waals surface area contributed by atoms with Crippen LogP contribution in [0.4, 0.5) is 0 Å². The highest BCUT2D eigenvalue weighted by Gasteiger charge is 2.18. The van der Waals surface area contributed by atoms with E-state index >= 15 is 0 Å². The van der Waals surface area contributed by atoms with Gasteiger partial charge in [0.25, 0.3) is 0 Å². The van der Waals surface area contributed by atoms with Crippen molar-refractivity contribution < 1.29 is 19.0 Å². The van der Waals surface area contributed by atoms with Crippen LogP contribution in [0.1, 0.15) is 32.8 Å². The zero-order chi connectivity index (χ0) is 15.0. The Bertz CT molecular complexity index is 466. The lowest BCUT2D eigenvalue weighted by Crippen LogP contribution is -2.08. The van der Waals surface area contributed by atoms with Crippen LogP contribution < -0.4 is 14.2 Å². The summed E-state index contributed by atoms with van der Waals surface area (Å²) in [5.74, 6) is 0.984. The van der Waals surface area contributed by atoms with E-state index in [2.05, 4.69) is 13.5 Å². The molecule has 0 spiro atoms. The second-order valence-corrected chi connectivity index (χ2v) is 4.12. The number of esters is 1. The molecule has 0 aromatic heterocycles. The maximum atomic E-state index is 11.4. The summed E-state index contributed by atoms with van der Waals surface area (Å²) in [5.41, 5.74) is 1.05. The number of aryl methyl sites for hydroxylation is 1. The van der Waals surface area contributed by atoms with Gasteiger partial charge in [0.15, 0.2) is 11.5 Å². The molecule has 0 N–H and O–H groups in total. The molecule has 0 aliphatic rings.